The molecule has 0 bridgehead atoms. The topological polar surface area (TPSA) is 37.3 Å². The minimum Gasteiger partial charge on any atom is -0.481 e. The molecule has 0 aromatic heterocycles. The summed E-state index contributed by atoms with van der Waals surface area (Å²) in [6.45, 7) is 4.04. The molecule has 0 aromatic carbocycles. The van der Waals surface area contributed by atoms with Gasteiger partial charge in [0.25, 0.3) is 0 Å². The largest absolute Gasteiger partial charge is 0.481 e. The molecule has 1 fully saturated rings. The van der Waals surface area contributed by atoms with Crippen LogP contribution in [0.15, 0.2) is 0 Å². The molecule has 3 atom stereocenters. The molecule has 2 heteroatoms. The Morgan fingerprint density at radius 3 is 2.62 bits per heavy atom. The van der Waals surface area contributed by atoms with Crippen LogP contribution < -0.4 is 0 Å². The van der Waals surface area contributed by atoms with Crippen molar-refractivity contribution in [2.45, 2.75) is 46.0 Å². The minimum atomic E-state index is -0.620. The third-order valence-corrected chi connectivity index (χ3v) is 3.52. The van der Waals surface area contributed by atoms with Crippen LogP contribution in [0, 0.1) is 17.8 Å². The number of aliphatic carboxylic acids is 1. The monoisotopic (exact) mass is 184 g/mol. The van der Waals surface area contributed by atoms with Crippen LogP contribution in [-0.2, 0) is 4.79 Å². The molecular weight excluding hydrogens is 164 g/mol. The zero-order chi connectivity index (χ0) is 9.84. The van der Waals surface area contributed by atoms with E-state index in [0.717, 1.165) is 12.8 Å². The van der Waals surface area contributed by atoms with Crippen LogP contribution >= 0.6 is 0 Å². The summed E-state index contributed by atoms with van der Waals surface area (Å²) in [5, 5.41) is 8.95. The molecule has 2 nitrogen and oxygen atoms in total. The molecule has 76 valence electrons. The standard InChI is InChI=1S/C11H20O2/c1-3-9-6-4-5-7-10(9)8(2)11(12)13/h8-10H,3-7H2,1-2H3,(H,12,13). The number of carboxylic acid groups (broad SMARTS) is 1. The average Bonchev–Trinajstić information content (AvgIpc) is 2.16. The van der Waals surface area contributed by atoms with Crippen molar-refractivity contribution in [1.82, 2.24) is 0 Å². The zero-order valence-electron chi connectivity index (χ0n) is 8.62. The maximum absolute atomic E-state index is 10.9. The Labute approximate surface area is 80.3 Å². The van der Waals surface area contributed by atoms with Crippen LogP contribution in [0.1, 0.15) is 46.0 Å². The van der Waals surface area contributed by atoms with Crippen molar-refractivity contribution >= 4 is 5.97 Å². The fraction of sp³-hybridized carbons (Fsp3) is 0.909. The molecule has 0 amide bonds. The molecule has 3 unspecified atom stereocenters. The second-order valence-electron chi connectivity index (χ2n) is 4.24. The molecule has 1 rings (SSSR count). The molecule has 0 aliphatic heterocycles. The van der Waals surface area contributed by atoms with E-state index in [2.05, 4.69) is 6.92 Å². The summed E-state index contributed by atoms with van der Waals surface area (Å²) in [6, 6.07) is 0. The van der Waals surface area contributed by atoms with E-state index in [0.29, 0.717) is 11.8 Å². The van der Waals surface area contributed by atoms with Crippen molar-refractivity contribution in [2.75, 3.05) is 0 Å². The second-order valence-corrected chi connectivity index (χ2v) is 4.24. The van der Waals surface area contributed by atoms with E-state index >= 15 is 0 Å². The van der Waals surface area contributed by atoms with Gasteiger partial charge in [-0.1, -0.05) is 39.5 Å². The van der Waals surface area contributed by atoms with Crippen LogP contribution in [-0.4, -0.2) is 11.1 Å². The summed E-state index contributed by atoms with van der Waals surface area (Å²) in [5.41, 5.74) is 0. The second kappa shape index (κ2) is 4.64. The van der Waals surface area contributed by atoms with Gasteiger partial charge in [0, 0.05) is 0 Å². The van der Waals surface area contributed by atoms with Crippen molar-refractivity contribution in [1.29, 1.82) is 0 Å². The summed E-state index contributed by atoms with van der Waals surface area (Å²) in [4.78, 5) is 10.9. The van der Waals surface area contributed by atoms with Gasteiger partial charge in [0.1, 0.15) is 0 Å². The highest BCUT2D eigenvalue weighted by Gasteiger charge is 2.31. The maximum Gasteiger partial charge on any atom is 0.306 e. The molecular formula is C11H20O2. The molecule has 1 N–H and O–H groups in total. The van der Waals surface area contributed by atoms with Crippen molar-refractivity contribution in [3.63, 3.8) is 0 Å². The molecule has 13 heavy (non-hydrogen) atoms. The first kappa shape index (κ1) is 10.6. The number of carbonyl (C=O) groups is 1. The first-order valence-electron chi connectivity index (χ1n) is 5.39. The highest BCUT2D eigenvalue weighted by Crippen LogP contribution is 2.36. The average molecular weight is 184 g/mol. The van der Waals surface area contributed by atoms with E-state index in [1.54, 1.807) is 0 Å². The number of hydrogen-bond acceptors (Lipinski definition) is 1. The third-order valence-electron chi connectivity index (χ3n) is 3.52. The van der Waals surface area contributed by atoms with Gasteiger partial charge < -0.3 is 5.11 Å². The van der Waals surface area contributed by atoms with Crippen LogP contribution in [0.3, 0.4) is 0 Å². The molecule has 0 heterocycles. The Morgan fingerprint density at radius 2 is 2.08 bits per heavy atom. The van der Waals surface area contributed by atoms with Gasteiger partial charge in [-0.25, -0.2) is 0 Å². The van der Waals surface area contributed by atoms with Gasteiger partial charge >= 0.3 is 5.97 Å². The molecule has 0 saturated heterocycles. The summed E-state index contributed by atoms with van der Waals surface area (Å²) >= 11 is 0. The summed E-state index contributed by atoms with van der Waals surface area (Å²) in [5.74, 6) is 0.312. The SMILES string of the molecule is CCC1CCCCC1C(C)C(=O)O. The van der Waals surface area contributed by atoms with E-state index in [4.69, 9.17) is 5.11 Å². The zero-order valence-corrected chi connectivity index (χ0v) is 8.62. The van der Waals surface area contributed by atoms with Crippen molar-refractivity contribution in [3.8, 4) is 0 Å². The number of hydrogen-bond donors (Lipinski definition) is 1. The Bertz CT molecular complexity index is 177. The highest BCUT2D eigenvalue weighted by molar-refractivity contribution is 5.69. The lowest BCUT2D eigenvalue weighted by Crippen LogP contribution is -2.29. The Kier molecular flexibility index (Phi) is 3.76. The summed E-state index contributed by atoms with van der Waals surface area (Å²) in [6.07, 6.45) is 6.01. The van der Waals surface area contributed by atoms with Gasteiger partial charge in [-0.3, -0.25) is 4.79 Å². The molecule has 1 aliphatic carbocycles. The van der Waals surface area contributed by atoms with Gasteiger partial charge in [0.15, 0.2) is 0 Å². The number of rotatable bonds is 3. The molecule has 1 saturated carbocycles. The quantitative estimate of drug-likeness (QED) is 0.732. The molecule has 0 aromatic rings. The maximum atomic E-state index is 10.9. The predicted molar refractivity (Wildman–Crippen MR) is 52.5 cm³/mol. The summed E-state index contributed by atoms with van der Waals surface area (Å²) in [7, 11) is 0. The first-order valence-corrected chi connectivity index (χ1v) is 5.39. The smallest absolute Gasteiger partial charge is 0.306 e. The molecule has 0 radical (unpaired) electrons. The van der Waals surface area contributed by atoms with Crippen molar-refractivity contribution in [3.05, 3.63) is 0 Å². The third kappa shape index (κ3) is 2.45. The minimum absolute atomic E-state index is 0.148. The van der Waals surface area contributed by atoms with E-state index in [1.807, 2.05) is 6.92 Å². The molecule has 0 spiro atoms. The lowest BCUT2D eigenvalue weighted by atomic mass is 9.72. The van der Waals surface area contributed by atoms with E-state index in [9.17, 15) is 4.79 Å². The predicted octanol–water partition coefficient (Wildman–Crippen LogP) is 2.92. The molecule has 1 aliphatic rings. The lowest BCUT2D eigenvalue weighted by molar-refractivity contribution is -0.144. The van der Waals surface area contributed by atoms with E-state index < -0.39 is 5.97 Å². The lowest BCUT2D eigenvalue weighted by Gasteiger charge is -2.33. The fourth-order valence-electron chi connectivity index (χ4n) is 2.58. The Balaban J connectivity index is 2.58. The van der Waals surface area contributed by atoms with Crippen LogP contribution in [0.2, 0.25) is 0 Å². The van der Waals surface area contributed by atoms with Gasteiger partial charge in [0.2, 0.25) is 0 Å². The summed E-state index contributed by atoms with van der Waals surface area (Å²) < 4.78 is 0. The number of carboxylic acids is 1. The van der Waals surface area contributed by atoms with Gasteiger partial charge in [0.05, 0.1) is 5.92 Å². The van der Waals surface area contributed by atoms with Gasteiger partial charge in [-0.05, 0) is 18.3 Å². The van der Waals surface area contributed by atoms with Crippen LogP contribution in [0.25, 0.3) is 0 Å². The van der Waals surface area contributed by atoms with Crippen molar-refractivity contribution in [2.24, 2.45) is 17.8 Å². The van der Waals surface area contributed by atoms with Crippen molar-refractivity contribution < 1.29 is 9.90 Å². The normalized spacial score (nSPS) is 31.2. The fourth-order valence-corrected chi connectivity index (χ4v) is 2.58. The highest BCUT2D eigenvalue weighted by atomic mass is 16.4. The van der Waals surface area contributed by atoms with E-state index in [-0.39, 0.29) is 5.92 Å². The van der Waals surface area contributed by atoms with Crippen LogP contribution in [0.5, 0.6) is 0 Å². The van der Waals surface area contributed by atoms with Gasteiger partial charge in [-0.2, -0.15) is 0 Å². The Hall–Kier alpha value is -0.530. The first-order chi connectivity index (χ1) is 6.16. The van der Waals surface area contributed by atoms with Crippen LogP contribution in [0.4, 0.5) is 0 Å². The van der Waals surface area contributed by atoms with E-state index in [1.165, 1.54) is 19.3 Å². The Morgan fingerprint density at radius 1 is 1.46 bits per heavy atom. The van der Waals surface area contributed by atoms with Gasteiger partial charge in [-0.15, -0.1) is 0 Å².